The molecule has 2 aromatic carbocycles. The Hall–Kier alpha value is -2.33. The Morgan fingerprint density at radius 1 is 1.16 bits per heavy atom. The predicted molar refractivity (Wildman–Crippen MR) is 97.4 cm³/mol. The number of amides is 1. The van der Waals surface area contributed by atoms with E-state index < -0.39 is 5.60 Å². The highest BCUT2D eigenvalue weighted by Crippen LogP contribution is 2.40. The van der Waals surface area contributed by atoms with E-state index in [1.54, 1.807) is 42.5 Å². The van der Waals surface area contributed by atoms with Gasteiger partial charge in [-0.1, -0.05) is 17.7 Å². The Kier molecular flexibility index (Phi) is 4.56. The van der Waals surface area contributed by atoms with Gasteiger partial charge in [-0.15, -0.1) is 0 Å². The van der Waals surface area contributed by atoms with Gasteiger partial charge in [-0.3, -0.25) is 9.59 Å². The van der Waals surface area contributed by atoms with Crippen LogP contribution in [0, 0.1) is 0 Å². The van der Waals surface area contributed by atoms with Crippen LogP contribution in [0.15, 0.2) is 42.5 Å². The molecule has 0 saturated heterocycles. The highest BCUT2D eigenvalue weighted by Gasteiger charge is 2.35. The van der Waals surface area contributed by atoms with Crippen LogP contribution in [-0.2, 0) is 0 Å². The second kappa shape index (κ2) is 6.52. The number of ether oxygens (including phenoxy) is 1. The summed E-state index contributed by atoms with van der Waals surface area (Å²) in [6.07, 6.45) is 0.605. The van der Waals surface area contributed by atoms with Crippen molar-refractivity contribution in [1.82, 2.24) is 5.32 Å². The van der Waals surface area contributed by atoms with Gasteiger partial charge < -0.3 is 10.1 Å². The first kappa shape index (κ1) is 17.5. The molecule has 130 valence electrons. The van der Waals surface area contributed by atoms with Crippen molar-refractivity contribution in [3.05, 3.63) is 64.2 Å². The fourth-order valence-corrected chi connectivity index (χ4v) is 3.26. The third kappa shape index (κ3) is 3.85. The molecule has 5 heteroatoms. The summed E-state index contributed by atoms with van der Waals surface area (Å²) in [6.45, 7) is 5.48. The summed E-state index contributed by atoms with van der Waals surface area (Å²) in [5.74, 6) is 0.467. The lowest BCUT2D eigenvalue weighted by Crippen LogP contribution is -2.41. The van der Waals surface area contributed by atoms with E-state index in [2.05, 4.69) is 5.32 Å². The summed E-state index contributed by atoms with van der Waals surface area (Å²) in [5.41, 5.74) is 1.50. The van der Waals surface area contributed by atoms with Gasteiger partial charge in [0.25, 0.3) is 5.91 Å². The zero-order chi connectivity index (χ0) is 18.2. The highest BCUT2D eigenvalue weighted by molar-refractivity contribution is 6.30. The van der Waals surface area contributed by atoms with Crippen LogP contribution in [0.5, 0.6) is 5.75 Å². The minimum absolute atomic E-state index is 0.0208. The van der Waals surface area contributed by atoms with E-state index in [9.17, 15) is 9.59 Å². The van der Waals surface area contributed by atoms with Crippen LogP contribution in [0.4, 0.5) is 0 Å². The number of carbonyl (C=O) groups is 2. The van der Waals surface area contributed by atoms with Crippen molar-refractivity contribution < 1.29 is 14.3 Å². The maximum absolute atomic E-state index is 12.6. The molecule has 1 N–H and O–H groups in total. The van der Waals surface area contributed by atoms with Crippen molar-refractivity contribution in [3.8, 4) is 5.75 Å². The quantitative estimate of drug-likeness (QED) is 0.818. The molecule has 0 bridgehead atoms. The van der Waals surface area contributed by atoms with Crippen LogP contribution in [0.1, 0.15) is 59.5 Å². The first-order valence-corrected chi connectivity index (χ1v) is 8.53. The van der Waals surface area contributed by atoms with E-state index >= 15 is 0 Å². The lowest BCUT2D eigenvalue weighted by Gasteiger charge is -2.38. The molecule has 0 radical (unpaired) electrons. The Morgan fingerprint density at radius 2 is 1.92 bits per heavy atom. The highest BCUT2D eigenvalue weighted by atomic mass is 35.5. The zero-order valence-electron chi connectivity index (χ0n) is 14.4. The van der Waals surface area contributed by atoms with E-state index in [-0.39, 0.29) is 17.7 Å². The number of benzene rings is 2. The molecule has 0 fully saturated rings. The van der Waals surface area contributed by atoms with E-state index in [4.69, 9.17) is 16.3 Å². The Morgan fingerprint density at radius 3 is 2.60 bits per heavy atom. The lowest BCUT2D eigenvalue weighted by molar-refractivity contribution is 0.0619. The van der Waals surface area contributed by atoms with Crippen molar-refractivity contribution in [2.45, 2.75) is 38.8 Å². The van der Waals surface area contributed by atoms with Gasteiger partial charge in [0.05, 0.1) is 6.04 Å². The van der Waals surface area contributed by atoms with Gasteiger partial charge in [0, 0.05) is 28.1 Å². The topological polar surface area (TPSA) is 55.4 Å². The van der Waals surface area contributed by atoms with Crippen LogP contribution in [-0.4, -0.2) is 17.3 Å². The summed E-state index contributed by atoms with van der Waals surface area (Å²) >= 11 is 5.98. The minimum atomic E-state index is -0.420. The number of hydrogen-bond acceptors (Lipinski definition) is 3. The minimum Gasteiger partial charge on any atom is -0.487 e. The van der Waals surface area contributed by atoms with E-state index in [0.717, 1.165) is 5.56 Å². The van der Waals surface area contributed by atoms with E-state index in [1.807, 2.05) is 13.8 Å². The summed E-state index contributed by atoms with van der Waals surface area (Å²) in [4.78, 5) is 24.3. The van der Waals surface area contributed by atoms with Crippen LogP contribution in [0.25, 0.3) is 0 Å². The summed E-state index contributed by atoms with van der Waals surface area (Å²) in [6, 6.07) is 11.9. The van der Waals surface area contributed by atoms with Crippen LogP contribution in [0.2, 0.25) is 5.02 Å². The average molecular weight is 358 g/mol. The third-order valence-corrected chi connectivity index (χ3v) is 4.50. The van der Waals surface area contributed by atoms with Crippen LogP contribution >= 0.6 is 11.6 Å². The van der Waals surface area contributed by atoms with Gasteiger partial charge in [0.1, 0.15) is 11.4 Å². The van der Waals surface area contributed by atoms with Gasteiger partial charge in [-0.25, -0.2) is 0 Å². The number of ketones is 1. The number of hydrogen-bond donors (Lipinski definition) is 1. The van der Waals surface area contributed by atoms with E-state index in [0.29, 0.717) is 28.3 Å². The Balaban J connectivity index is 1.94. The standard InChI is InChI=1S/C20H20ClNO3/c1-12(23)13-7-8-18-16(10-13)17(11-20(2,3)25-18)22-19(24)14-5-4-6-15(21)9-14/h4-10,17H,11H2,1-3H3,(H,22,24)/t17-/m0/s1. The monoisotopic (exact) mass is 357 g/mol. The Bertz CT molecular complexity index is 845. The summed E-state index contributed by atoms with van der Waals surface area (Å²) in [5, 5.41) is 3.56. The van der Waals surface area contributed by atoms with Crippen molar-refractivity contribution in [3.63, 3.8) is 0 Å². The maximum Gasteiger partial charge on any atom is 0.251 e. The summed E-state index contributed by atoms with van der Waals surface area (Å²) in [7, 11) is 0. The normalized spacial score (nSPS) is 18.0. The Labute approximate surface area is 152 Å². The first-order valence-electron chi connectivity index (χ1n) is 8.15. The molecular weight excluding hydrogens is 338 g/mol. The molecular formula is C20H20ClNO3. The van der Waals surface area contributed by atoms with Crippen LogP contribution < -0.4 is 10.1 Å². The molecule has 3 rings (SSSR count). The fourth-order valence-electron chi connectivity index (χ4n) is 3.07. The molecule has 1 heterocycles. The molecule has 1 amide bonds. The van der Waals surface area contributed by atoms with Crippen molar-refractivity contribution in [2.24, 2.45) is 0 Å². The largest absolute Gasteiger partial charge is 0.487 e. The number of halogens is 1. The molecule has 1 aliphatic rings. The molecule has 4 nitrogen and oxygen atoms in total. The molecule has 0 spiro atoms. The van der Waals surface area contributed by atoms with Crippen molar-refractivity contribution >= 4 is 23.3 Å². The van der Waals surface area contributed by atoms with Crippen molar-refractivity contribution in [1.29, 1.82) is 0 Å². The summed E-state index contributed by atoms with van der Waals surface area (Å²) < 4.78 is 6.01. The molecule has 1 aliphatic heterocycles. The smallest absolute Gasteiger partial charge is 0.251 e. The van der Waals surface area contributed by atoms with E-state index in [1.165, 1.54) is 6.92 Å². The zero-order valence-corrected chi connectivity index (χ0v) is 15.2. The molecule has 1 atom stereocenters. The van der Waals surface area contributed by atoms with Gasteiger partial charge >= 0.3 is 0 Å². The lowest BCUT2D eigenvalue weighted by atomic mass is 9.88. The van der Waals surface area contributed by atoms with Gasteiger partial charge in [0.15, 0.2) is 5.78 Å². The third-order valence-electron chi connectivity index (χ3n) is 4.27. The number of fused-ring (bicyclic) bond motifs is 1. The van der Waals surface area contributed by atoms with Gasteiger partial charge in [-0.2, -0.15) is 0 Å². The molecule has 2 aromatic rings. The fraction of sp³-hybridized carbons (Fsp3) is 0.300. The maximum atomic E-state index is 12.6. The molecule has 25 heavy (non-hydrogen) atoms. The van der Waals surface area contributed by atoms with Crippen LogP contribution in [0.3, 0.4) is 0 Å². The number of Topliss-reactive ketones (excluding diaryl/α,β-unsaturated/α-hetero) is 1. The molecule has 0 unspecified atom stereocenters. The number of carbonyl (C=O) groups excluding carboxylic acids is 2. The van der Waals surface area contributed by atoms with Gasteiger partial charge in [-0.05, 0) is 57.2 Å². The molecule has 0 saturated carbocycles. The molecule has 0 aliphatic carbocycles. The first-order chi connectivity index (χ1) is 11.7. The van der Waals surface area contributed by atoms with Gasteiger partial charge in [0.2, 0.25) is 0 Å². The number of nitrogens with one attached hydrogen (secondary N) is 1. The second-order valence-electron chi connectivity index (χ2n) is 6.91. The average Bonchev–Trinajstić information content (AvgIpc) is 2.53. The molecule has 0 aromatic heterocycles. The van der Waals surface area contributed by atoms with Crippen molar-refractivity contribution in [2.75, 3.05) is 0 Å². The number of rotatable bonds is 3. The second-order valence-corrected chi connectivity index (χ2v) is 7.35. The predicted octanol–water partition coefficient (Wildman–Crippen LogP) is 4.57. The SMILES string of the molecule is CC(=O)c1ccc2c(c1)[C@@H](NC(=O)c1cccc(Cl)c1)CC(C)(C)O2.